The first-order valence-electron chi connectivity index (χ1n) is 9.48. The van der Waals surface area contributed by atoms with Crippen molar-refractivity contribution in [1.82, 2.24) is 10.2 Å². The molecule has 6 nitrogen and oxygen atoms in total. The van der Waals surface area contributed by atoms with Crippen molar-refractivity contribution in [3.63, 3.8) is 0 Å². The summed E-state index contributed by atoms with van der Waals surface area (Å²) >= 11 is 11.5. The first-order valence-corrected chi connectivity index (χ1v) is 10.2. The van der Waals surface area contributed by atoms with Gasteiger partial charge in [-0.05, 0) is 36.2 Å². The highest BCUT2D eigenvalue weighted by Crippen LogP contribution is 2.33. The molecule has 0 aliphatic carbocycles. The summed E-state index contributed by atoms with van der Waals surface area (Å²) in [6, 6.07) is 10.7. The Bertz CT molecular complexity index is 992. The maximum Gasteiger partial charge on any atom is 0.257 e. The number of rotatable bonds is 8. The second kappa shape index (κ2) is 9.68. The van der Waals surface area contributed by atoms with E-state index in [2.05, 4.69) is 11.9 Å². The lowest BCUT2D eigenvalue weighted by Crippen LogP contribution is -2.61. The smallest absolute Gasteiger partial charge is 0.257 e. The van der Waals surface area contributed by atoms with Crippen molar-refractivity contribution >= 4 is 35.0 Å². The zero-order chi connectivity index (χ0) is 22.6. The number of aliphatic hydroxyl groups is 1. The van der Waals surface area contributed by atoms with Crippen molar-refractivity contribution in [2.45, 2.75) is 12.0 Å². The van der Waals surface area contributed by atoms with Gasteiger partial charge >= 0.3 is 0 Å². The molecule has 0 unspecified atom stereocenters. The van der Waals surface area contributed by atoms with Crippen LogP contribution in [0.25, 0.3) is 0 Å². The summed E-state index contributed by atoms with van der Waals surface area (Å²) in [5.41, 5.74) is -0.0914. The van der Waals surface area contributed by atoms with Crippen LogP contribution in [0.2, 0.25) is 10.0 Å². The predicted octanol–water partition coefficient (Wildman–Crippen LogP) is 3.30. The molecule has 2 aromatic carbocycles. The van der Waals surface area contributed by atoms with E-state index in [1.54, 1.807) is 24.3 Å². The third-order valence-corrected chi connectivity index (χ3v) is 5.44. The van der Waals surface area contributed by atoms with Crippen molar-refractivity contribution in [2.24, 2.45) is 0 Å². The average molecular weight is 467 g/mol. The van der Waals surface area contributed by atoms with Crippen molar-refractivity contribution < 1.29 is 23.8 Å². The molecule has 1 aliphatic heterocycles. The number of nitrogens with zero attached hydrogens (tertiary/aromatic N) is 1. The molecule has 2 N–H and O–H groups in total. The minimum atomic E-state index is -1.10. The summed E-state index contributed by atoms with van der Waals surface area (Å²) in [4.78, 5) is 25.8. The molecule has 2 aromatic rings. The van der Waals surface area contributed by atoms with Gasteiger partial charge in [0.15, 0.2) is 6.61 Å². The Balaban J connectivity index is 1.37. The Morgan fingerprint density at radius 2 is 1.87 bits per heavy atom. The van der Waals surface area contributed by atoms with Gasteiger partial charge in [0.1, 0.15) is 17.2 Å². The lowest BCUT2D eigenvalue weighted by Gasteiger charge is -2.47. The number of ether oxygens (including phenoxy) is 1. The summed E-state index contributed by atoms with van der Waals surface area (Å²) in [7, 11) is 0. The molecule has 2 amide bonds. The molecule has 0 radical (unpaired) electrons. The highest BCUT2D eigenvalue weighted by molar-refractivity contribution is 6.30. The van der Waals surface area contributed by atoms with Gasteiger partial charge in [-0.2, -0.15) is 0 Å². The van der Waals surface area contributed by atoms with E-state index in [0.717, 1.165) is 6.07 Å². The Morgan fingerprint density at radius 1 is 1.19 bits per heavy atom. The minimum absolute atomic E-state index is 0.0335. The Kier molecular flexibility index (Phi) is 7.20. The number of nitrogens with one attached hydrogen (secondary N) is 1. The molecule has 1 aliphatic rings. The van der Waals surface area contributed by atoms with E-state index in [1.165, 1.54) is 17.0 Å². The number of hydrogen-bond donors (Lipinski definition) is 2. The third kappa shape index (κ3) is 5.76. The van der Waals surface area contributed by atoms with E-state index >= 15 is 0 Å². The summed E-state index contributed by atoms with van der Waals surface area (Å²) in [5, 5.41) is 13.8. The molecule has 0 aromatic heterocycles. The van der Waals surface area contributed by atoms with Crippen LogP contribution in [0.3, 0.4) is 0 Å². The highest BCUT2D eigenvalue weighted by atomic mass is 35.5. The Hall–Kier alpha value is -2.61. The summed E-state index contributed by atoms with van der Waals surface area (Å²) < 4.78 is 18.6. The predicted molar refractivity (Wildman–Crippen MR) is 116 cm³/mol. The van der Waals surface area contributed by atoms with Gasteiger partial charge in [-0.25, -0.2) is 4.39 Å². The first kappa shape index (κ1) is 23.1. The Morgan fingerprint density at radius 3 is 2.52 bits per heavy atom. The number of carbonyl (C=O) groups is 2. The quantitative estimate of drug-likeness (QED) is 0.585. The zero-order valence-corrected chi connectivity index (χ0v) is 18.0. The number of likely N-dealkylation sites (tertiary alicyclic amines) is 1. The number of β-amino-alcohol motifs (C(OH)–C–C–N with tert-alkyl or cyclic N) is 1. The molecule has 0 saturated carbocycles. The summed E-state index contributed by atoms with van der Waals surface area (Å²) in [6.07, 6.45) is 0.246. The number of hydrogen-bond acceptors (Lipinski definition) is 4. The van der Waals surface area contributed by atoms with Crippen molar-refractivity contribution in [3.05, 3.63) is 76.0 Å². The zero-order valence-electron chi connectivity index (χ0n) is 16.5. The lowest BCUT2D eigenvalue weighted by molar-refractivity contribution is -0.153. The second-order valence-electron chi connectivity index (χ2n) is 7.27. The fourth-order valence-corrected chi connectivity index (χ4v) is 3.36. The van der Waals surface area contributed by atoms with Crippen LogP contribution in [-0.2, 0) is 15.2 Å². The molecule has 0 bridgehead atoms. The van der Waals surface area contributed by atoms with Crippen LogP contribution in [0.4, 0.5) is 4.39 Å². The van der Waals surface area contributed by atoms with Crippen molar-refractivity contribution in [3.8, 4) is 5.75 Å². The van der Waals surface area contributed by atoms with Crippen LogP contribution >= 0.6 is 23.2 Å². The molecule has 1 saturated heterocycles. The van der Waals surface area contributed by atoms with Gasteiger partial charge in [0.2, 0.25) is 5.91 Å². The van der Waals surface area contributed by atoms with Crippen molar-refractivity contribution in [1.29, 1.82) is 0 Å². The maximum atomic E-state index is 13.4. The monoisotopic (exact) mass is 466 g/mol. The Labute approximate surface area is 189 Å². The topological polar surface area (TPSA) is 78.9 Å². The van der Waals surface area contributed by atoms with Gasteiger partial charge in [-0.3, -0.25) is 9.59 Å². The van der Waals surface area contributed by atoms with Crippen molar-refractivity contribution in [2.75, 3.05) is 26.2 Å². The number of halogens is 3. The van der Waals surface area contributed by atoms with E-state index in [0.29, 0.717) is 16.2 Å². The SMILES string of the molecule is C=C(CCNC(=O)COc1ccc(Cl)c(F)c1)C(=O)N1CC(O)(c2ccc(Cl)cc2)C1. The van der Waals surface area contributed by atoms with Gasteiger partial charge in [0.25, 0.3) is 5.91 Å². The first-order chi connectivity index (χ1) is 14.7. The second-order valence-corrected chi connectivity index (χ2v) is 8.11. The van der Waals surface area contributed by atoms with E-state index in [1.807, 2.05) is 0 Å². The molecule has 164 valence electrons. The standard InChI is InChI=1S/C22H21Cl2FN2O4/c1-14(8-9-26-20(28)11-31-17-6-7-18(24)19(25)10-17)21(29)27-12-22(30,13-27)15-2-4-16(23)5-3-15/h2-7,10,30H,1,8-9,11-13H2,(H,26,28). The maximum absolute atomic E-state index is 13.4. The van der Waals surface area contributed by atoms with Crippen LogP contribution in [-0.4, -0.2) is 48.1 Å². The fourth-order valence-electron chi connectivity index (χ4n) is 3.12. The normalized spacial score (nSPS) is 14.5. The van der Waals surface area contributed by atoms with Crippen LogP contribution in [0.5, 0.6) is 5.75 Å². The molecule has 0 atom stereocenters. The molecule has 1 fully saturated rings. The highest BCUT2D eigenvalue weighted by Gasteiger charge is 2.45. The molecule has 0 spiro atoms. The molecule has 1 heterocycles. The molecular formula is C22H21Cl2FN2O4. The van der Waals surface area contributed by atoms with Gasteiger partial charge in [-0.15, -0.1) is 0 Å². The van der Waals surface area contributed by atoms with Gasteiger partial charge in [0.05, 0.1) is 18.1 Å². The fraction of sp³-hybridized carbons (Fsp3) is 0.273. The van der Waals surface area contributed by atoms with Crippen LogP contribution in [0.1, 0.15) is 12.0 Å². The minimum Gasteiger partial charge on any atom is -0.484 e. The van der Waals surface area contributed by atoms with Gasteiger partial charge in [-0.1, -0.05) is 41.9 Å². The van der Waals surface area contributed by atoms with Crippen LogP contribution < -0.4 is 10.1 Å². The van der Waals surface area contributed by atoms with E-state index < -0.39 is 17.3 Å². The van der Waals surface area contributed by atoms with Crippen LogP contribution in [0, 0.1) is 5.82 Å². The molecule has 31 heavy (non-hydrogen) atoms. The van der Waals surface area contributed by atoms with E-state index in [4.69, 9.17) is 27.9 Å². The number of benzene rings is 2. The van der Waals surface area contributed by atoms with E-state index in [9.17, 15) is 19.1 Å². The summed E-state index contributed by atoms with van der Waals surface area (Å²) in [6.45, 7) is 3.97. The average Bonchev–Trinajstić information content (AvgIpc) is 2.72. The third-order valence-electron chi connectivity index (χ3n) is 4.89. The van der Waals surface area contributed by atoms with E-state index in [-0.39, 0.29) is 49.3 Å². The molecular weight excluding hydrogens is 446 g/mol. The number of amides is 2. The lowest BCUT2D eigenvalue weighted by atomic mass is 9.85. The molecule has 9 heteroatoms. The summed E-state index contributed by atoms with van der Waals surface area (Å²) in [5.74, 6) is -1.15. The number of carbonyl (C=O) groups excluding carboxylic acids is 2. The van der Waals surface area contributed by atoms with Crippen LogP contribution in [0.15, 0.2) is 54.6 Å². The van der Waals surface area contributed by atoms with Gasteiger partial charge < -0.3 is 20.1 Å². The van der Waals surface area contributed by atoms with Gasteiger partial charge in [0, 0.05) is 23.2 Å². The molecule has 3 rings (SSSR count). The largest absolute Gasteiger partial charge is 0.484 e.